The number of thiophene rings is 1. The maximum absolute atomic E-state index is 5.64. The van der Waals surface area contributed by atoms with Crippen LogP contribution in [0.25, 0.3) is 0 Å². The molecular formula is C15H20N2O2S. The van der Waals surface area contributed by atoms with Gasteiger partial charge in [-0.15, -0.1) is 11.3 Å². The van der Waals surface area contributed by atoms with Crippen molar-refractivity contribution < 1.29 is 9.47 Å². The zero-order valence-corrected chi connectivity index (χ0v) is 12.9. The fraction of sp³-hybridized carbons (Fsp3) is 0.400. The smallest absolute Gasteiger partial charge is 0.137 e. The normalized spacial score (nSPS) is 12.2. The van der Waals surface area contributed by atoms with Crippen molar-refractivity contribution in [3.63, 3.8) is 0 Å². The van der Waals surface area contributed by atoms with Crippen LogP contribution < -0.4 is 14.8 Å². The monoisotopic (exact) mass is 292 g/mol. The first-order chi connectivity index (χ1) is 9.78. The molecule has 0 aromatic carbocycles. The molecule has 2 aromatic heterocycles. The number of pyridine rings is 1. The molecule has 0 saturated heterocycles. The van der Waals surface area contributed by atoms with Crippen LogP contribution in [0.15, 0.2) is 29.9 Å². The van der Waals surface area contributed by atoms with Gasteiger partial charge in [-0.3, -0.25) is 4.98 Å². The molecule has 1 unspecified atom stereocenters. The summed E-state index contributed by atoms with van der Waals surface area (Å²) in [4.78, 5) is 5.46. The lowest BCUT2D eigenvalue weighted by molar-refractivity contribution is 0.315. The molecule has 4 nitrogen and oxygen atoms in total. The van der Waals surface area contributed by atoms with Gasteiger partial charge in [-0.2, -0.15) is 0 Å². The van der Waals surface area contributed by atoms with Crippen molar-refractivity contribution in [1.29, 1.82) is 0 Å². The van der Waals surface area contributed by atoms with Crippen LogP contribution in [0.5, 0.6) is 11.5 Å². The number of nitrogens with zero attached hydrogens (tertiary/aromatic N) is 1. The zero-order chi connectivity index (χ0) is 14.4. The maximum atomic E-state index is 5.64. The molecule has 0 aliphatic rings. The van der Waals surface area contributed by atoms with E-state index in [0.29, 0.717) is 6.61 Å². The first kappa shape index (κ1) is 14.8. The maximum Gasteiger partial charge on any atom is 0.137 e. The molecule has 0 fully saturated rings. The van der Waals surface area contributed by atoms with Crippen LogP contribution in [0.3, 0.4) is 0 Å². The van der Waals surface area contributed by atoms with Gasteiger partial charge in [0.15, 0.2) is 0 Å². The van der Waals surface area contributed by atoms with Gasteiger partial charge in [-0.1, -0.05) is 6.92 Å². The first-order valence-corrected chi connectivity index (χ1v) is 7.53. The summed E-state index contributed by atoms with van der Waals surface area (Å²) in [6.07, 6.45) is 4.61. The summed E-state index contributed by atoms with van der Waals surface area (Å²) in [5.74, 6) is 1.70. The van der Waals surface area contributed by atoms with Gasteiger partial charge in [0, 0.05) is 16.5 Å². The molecule has 0 saturated carbocycles. The number of methoxy groups -OCH3 is 1. The molecule has 20 heavy (non-hydrogen) atoms. The second-order valence-corrected chi connectivity index (χ2v) is 5.36. The molecule has 1 N–H and O–H groups in total. The van der Waals surface area contributed by atoms with Gasteiger partial charge in [0.05, 0.1) is 26.0 Å². The summed E-state index contributed by atoms with van der Waals surface area (Å²) in [7, 11) is 3.62. The summed E-state index contributed by atoms with van der Waals surface area (Å²) < 4.78 is 10.9. The molecule has 2 aromatic rings. The first-order valence-electron chi connectivity index (χ1n) is 6.66. The molecule has 5 heteroatoms. The van der Waals surface area contributed by atoms with E-state index in [1.807, 2.05) is 30.8 Å². The zero-order valence-electron chi connectivity index (χ0n) is 12.1. The van der Waals surface area contributed by atoms with Crippen molar-refractivity contribution in [3.05, 3.63) is 40.3 Å². The molecule has 1 atom stereocenters. The lowest BCUT2D eigenvalue weighted by atomic mass is 10.1. The van der Waals surface area contributed by atoms with Crippen LogP contribution in [0.4, 0.5) is 0 Å². The van der Waals surface area contributed by atoms with E-state index in [1.54, 1.807) is 24.6 Å². The van der Waals surface area contributed by atoms with E-state index >= 15 is 0 Å². The third-order valence-electron chi connectivity index (χ3n) is 2.95. The Bertz CT molecular complexity index is 542. The average Bonchev–Trinajstić information content (AvgIpc) is 2.95. The highest BCUT2D eigenvalue weighted by Crippen LogP contribution is 2.31. The highest BCUT2D eigenvalue weighted by atomic mass is 32.1. The Morgan fingerprint density at radius 1 is 1.30 bits per heavy atom. The second-order valence-electron chi connectivity index (χ2n) is 4.41. The van der Waals surface area contributed by atoms with Crippen molar-refractivity contribution in [2.75, 3.05) is 20.8 Å². The van der Waals surface area contributed by atoms with Crippen molar-refractivity contribution >= 4 is 11.3 Å². The molecule has 0 radical (unpaired) electrons. The van der Waals surface area contributed by atoms with Gasteiger partial charge in [0.25, 0.3) is 0 Å². The molecule has 2 heterocycles. The third-order valence-corrected chi connectivity index (χ3v) is 3.92. The molecule has 0 spiro atoms. The van der Waals surface area contributed by atoms with E-state index in [1.165, 1.54) is 4.88 Å². The van der Waals surface area contributed by atoms with E-state index in [-0.39, 0.29) is 6.04 Å². The summed E-state index contributed by atoms with van der Waals surface area (Å²) in [6.45, 7) is 2.80. The van der Waals surface area contributed by atoms with Crippen LogP contribution in [0.2, 0.25) is 0 Å². The summed E-state index contributed by atoms with van der Waals surface area (Å²) in [5, 5.41) is 5.32. The van der Waals surface area contributed by atoms with Gasteiger partial charge in [0.1, 0.15) is 11.5 Å². The molecule has 0 aliphatic carbocycles. The number of hydrogen-bond donors (Lipinski definition) is 1. The quantitative estimate of drug-likeness (QED) is 0.850. The molecular weight excluding hydrogens is 272 g/mol. The van der Waals surface area contributed by atoms with E-state index < -0.39 is 0 Å². The Morgan fingerprint density at radius 2 is 2.15 bits per heavy atom. The van der Waals surface area contributed by atoms with Crippen LogP contribution in [0.1, 0.15) is 29.8 Å². The molecule has 0 aliphatic heterocycles. The Hall–Kier alpha value is -1.59. The van der Waals surface area contributed by atoms with Crippen LogP contribution in [-0.4, -0.2) is 25.7 Å². The van der Waals surface area contributed by atoms with Crippen molar-refractivity contribution in [2.45, 2.75) is 19.4 Å². The van der Waals surface area contributed by atoms with E-state index in [9.17, 15) is 0 Å². The predicted molar refractivity (Wildman–Crippen MR) is 81.8 cm³/mol. The van der Waals surface area contributed by atoms with Gasteiger partial charge >= 0.3 is 0 Å². The van der Waals surface area contributed by atoms with Crippen molar-refractivity contribution in [1.82, 2.24) is 10.3 Å². The van der Waals surface area contributed by atoms with Crippen molar-refractivity contribution in [2.24, 2.45) is 0 Å². The molecule has 0 amide bonds. The highest BCUT2D eigenvalue weighted by molar-refractivity contribution is 7.10. The van der Waals surface area contributed by atoms with Crippen LogP contribution in [-0.2, 0) is 0 Å². The minimum absolute atomic E-state index is 0.0987. The minimum Gasteiger partial charge on any atom is -0.496 e. The Labute approximate surface area is 123 Å². The van der Waals surface area contributed by atoms with E-state index in [2.05, 4.69) is 17.2 Å². The molecule has 2 rings (SSSR count). The standard InChI is InChI=1S/C15H20N2O2S/c1-4-5-19-12-6-11(8-17-9-12)15(16-2)14-7-13(18-3)10-20-14/h6-10,15-16H,4-5H2,1-3H3. The van der Waals surface area contributed by atoms with Gasteiger partial charge in [-0.05, 0) is 31.2 Å². The largest absolute Gasteiger partial charge is 0.496 e. The lowest BCUT2D eigenvalue weighted by Gasteiger charge is -2.15. The summed E-state index contributed by atoms with van der Waals surface area (Å²) in [5.41, 5.74) is 1.09. The van der Waals surface area contributed by atoms with Crippen molar-refractivity contribution in [3.8, 4) is 11.5 Å². The Balaban J connectivity index is 2.22. The number of nitrogens with one attached hydrogen (secondary N) is 1. The number of aromatic nitrogens is 1. The minimum atomic E-state index is 0.0987. The van der Waals surface area contributed by atoms with E-state index in [0.717, 1.165) is 23.5 Å². The SMILES string of the molecule is CCCOc1cncc(C(NC)c2cc(OC)cs2)c1. The Morgan fingerprint density at radius 3 is 2.80 bits per heavy atom. The second kappa shape index (κ2) is 7.26. The van der Waals surface area contributed by atoms with Gasteiger partial charge in [0.2, 0.25) is 0 Å². The Kier molecular flexibility index (Phi) is 5.38. The van der Waals surface area contributed by atoms with Gasteiger partial charge < -0.3 is 14.8 Å². The fourth-order valence-corrected chi connectivity index (χ4v) is 2.95. The number of rotatable bonds is 7. The predicted octanol–water partition coefficient (Wildman–Crippen LogP) is 3.25. The molecule has 108 valence electrons. The topological polar surface area (TPSA) is 43.4 Å². The third kappa shape index (κ3) is 3.49. The molecule has 0 bridgehead atoms. The summed E-state index contributed by atoms with van der Waals surface area (Å²) >= 11 is 1.67. The average molecular weight is 292 g/mol. The highest BCUT2D eigenvalue weighted by Gasteiger charge is 2.15. The van der Waals surface area contributed by atoms with E-state index in [4.69, 9.17) is 9.47 Å². The van der Waals surface area contributed by atoms with Crippen LogP contribution in [0, 0.1) is 0 Å². The lowest BCUT2D eigenvalue weighted by Crippen LogP contribution is -2.16. The fourth-order valence-electron chi connectivity index (χ4n) is 1.96. The number of ether oxygens (including phenoxy) is 2. The van der Waals surface area contributed by atoms with Crippen LogP contribution >= 0.6 is 11.3 Å². The summed E-state index contributed by atoms with van der Waals surface area (Å²) in [6, 6.07) is 4.18. The van der Waals surface area contributed by atoms with Gasteiger partial charge in [-0.25, -0.2) is 0 Å². The number of hydrogen-bond acceptors (Lipinski definition) is 5.